The molecule has 6 heteroatoms. The molecule has 1 heterocycles. The zero-order chi connectivity index (χ0) is 17.8. The van der Waals surface area contributed by atoms with Crippen molar-refractivity contribution in [3.63, 3.8) is 0 Å². The van der Waals surface area contributed by atoms with Gasteiger partial charge in [-0.1, -0.05) is 24.3 Å². The van der Waals surface area contributed by atoms with Crippen LogP contribution in [0.1, 0.15) is 18.4 Å². The van der Waals surface area contributed by atoms with Crippen molar-refractivity contribution in [2.75, 3.05) is 23.3 Å². The van der Waals surface area contributed by atoms with Crippen LogP contribution in [0.2, 0.25) is 0 Å². The Morgan fingerprint density at radius 2 is 1.84 bits per heavy atom. The second kappa shape index (κ2) is 7.34. The molecule has 3 rings (SSSR count). The van der Waals surface area contributed by atoms with Crippen molar-refractivity contribution in [3.8, 4) is 0 Å². The number of piperidine rings is 1. The van der Waals surface area contributed by atoms with Crippen LogP contribution < -0.4 is 10.2 Å². The van der Waals surface area contributed by atoms with Crippen LogP contribution in [0.3, 0.4) is 0 Å². The van der Waals surface area contributed by atoms with Gasteiger partial charge in [-0.3, -0.25) is 14.9 Å². The van der Waals surface area contributed by atoms with Crippen LogP contribution in [-0.4, -0.2) is 23.9 Å². The van der Waals surface area contributed by atoms with E-state index in [9.17, 15) is 14.9 Å². The number of non-ortho nitro benzene ring substituents is 1. The van der Waals surface area contributed by atoms with Gasteiger partial charge in [-0.25, -0.2) is 0 Å². The van der Waals surface area contributed by atoms with Gasteiger partial charge in [0.15, 0.2) is 0 Å². The highest BCUT2D eigenvalue weighted by atomic mass is 16.6. The molecule has 0 saturated carbocycles. The zero-order valence-corrected chi connectivity index (χ0v) is 14.1. The number of nitrogens with zero attached hydrogens (tertiary/aromatic N) is 2. The van der Waals surface area contributed by atoms with E-state index in [2.05, 4.69) is 22.3 Å². The number of rotatable bonds is 4. The number of hydrogen-bond acceptors (Lipinski definition) is 4. The fourth-order valence-electron chi connectivity index (χ4n) is 3.13. The molecule has 1 aliphatic heterocycles. The van der Waals surface area contributed by atoms with Crippen molar-refractivity contribution in [1.82, 2.24) is 0 Å². The lowest BCUT2D eigenvalue weighted by Gasteiger charge is -2.33. The van der Waals surface area contributed by atoms with E-state index >= 15 is 0 Å². The molecule has 1 amide bonds. The van der Waals surface area contributed by atoms with Gasteiger partial charge in [0.2, 0.25) is 5.91 Å². The fourth-order valence-corrected chi connectivity index (χ4v) is 3.13. The summed E-state index contributed by atoms with van der Waals surface area (Å²) in [7, 11) is 0. The molecular formula is C19H21N3O3. The highest BCUT2D eigenvalue weighted by molar-refractivity contribution is 5.93. The first-order chi connectivity index (χ1) is 12.0. The lowest BCUT2D eigenvalue weighted by molar-refractivity contribution is -0.384. The summed E-state index contributed by atoms with van der Waals surface area (Å²) in [6.07, 6.45) is 1.55. The molecule has 1 aliphatic rings. The highest BCUT2D eigenvalue weighted by Gasteiger charge is 2.25. The number of carbonyl (C=O) groups excluding carboxylic acids is 1. The smallest absolute Gasteiger partial charge is 0.271 e. The summed E-state index contributed by atoms with van der Waals surface area (Å²) in [6, 6.07) is 14.7. The van der Waals surface area contributed by atoms with Crippen LogP contribution in [0.5, 0.6) is 0 Å². The second-order valence-electron chi connectivity index (χ2n) is 6.34. The molecule has 0 atom stereocenters. The van der Waals surface area contributed by atoms with Gasteiger partial charge >= 0.3 is 0 Å². The minimum Gasteiger partial charge on any atom is -0.371 e. The summed E-state index contributed by atoms with van der Waals surface area (Å²) in [6.45, 7) is 3.49. The summed E-state index contributed by atoms with van der Waals surface area (Å²) < 4.78 is 0. The van der Waals surface area contributed by atoms with Crippen molar-refractivity contribution in [2.45, 2.75) is 19.8 Å². The molecule has 130 valence electrons. The van der Waals surface area contributed by atoms with Gasteiger partial charge < -0.3 is 10.2 Å². The van der Waals surface area contributed by atoms with Crippen molar-refractivity contribution in [2.24, 2.45) is 5.92 Å². The normalized spacial score (nSPS) is 15.0. The Balaban J connectivity index is 1.62. The molecule has 2 aromatic carbocycles. The second-order valence-corrected chi connectivity index (χ2v) is 6.34. The molecule has 1 N–H and O–H groups in total. The van der Waals surface area contributed by atoms with Gasteiger partial charge in [-0.15, -0.1) is 0 Å². The van der Waals surface area contributed by atoms with Crippen LogP contribution in [0, 0.1) is 23.0 Å². The van der Waals surface area contributed by atoms with Gasteiger partial charge in [0.1, 0.15) is 0 Å². The highest BCUT2D eigenvalue weighted by Crippen LogP contribution is 2.26. The lowest BCUT2D eigenvalue weighted by Crippen LogP contribution is -2.38. The third kappa shape index (κ3) is 3.96. The third-order valence-electron chi connectivity index (χ3n) is 4.68. The van der Waals surface area contributed by atoms with E-state index in [0.717, 1.165) is 31.5 Å². The number of nitrogens with one attached hydrogen (secondary N) is 1. The van der Waals surface area contributed by atoms with Gasteiger partial charge in [0.05, 0.1) is 10.6 Å². The van der Waals surface area contributed by atoms with Crippen LogP contribution >= 0.6 is 0 Å². The summed E-state index contributed by atoms with van der Waals surface area (Å²) >= 11 is 0. The minimum absolute atomic E-state index is 0.0141. The first-order valence-electron chi connectivity index (χ1n) is 8.40. The molecule has 0 aliphatic carbocycles. The average molecular weight is 339 g/mol. The van der Waals surface area contributed by atoms with Gasteiger partial charge in [0, 0.05) is 36.8 Å². The van der Waals surface area contributed by atoms with Gasteiger partial charge in [0.25, 0.3) is 5.69 Å². The molecule has 25 heavy (non-hydrogen) atoms. The Kier molecular flexibility index (Phi) is 4.97. The molecule has 0 radical (unpaired) electrons. The predicted molar refractivity (Wildman–Crippen MR) is 97.8 cm³/mol. The Bertz CT molecular complexity index is 769. The number of carbonyl (C=O) groups is 1. The number of anilines is 2. The molecule has 0 unspecified atom stereocenters. The topological polar surface area (TPSA) is 75.5 Å². The predicted octanol–water partition coefficient (Wildman–Crippen LogP) is 3.76. The first-order valence-corrected chi connectivity index (χ1v) is 8.40. The number of nitro groups is 1. The van der Waals surface area contributed by atoms with Crippen molar-refractivity contribution < 1.29 is 9.72 Å². The van der Waals surface area contributed by atoms with E-state index in [1.165, 1.54) is 17.8 Å². The molecule has 0 aromatic heterocycles. The maximum Gasteiger partial charge on any atom is 0.271 e. The Morgan fingerprint density at radius 1 is 1.16 bits per heavy atom. The number of para-hydroxylation sites is 1. The summed E-state index contributed by atoms with van der Waals surface area (Å²) in [4.78, 5) is 25.3. The summed E-state index contributed by atoms with van der Waals surface area (Å²) in [5, 5.41) is 13.8. The lowest BCUT2D eigenvalue weighted by atomic mass is 9.95. The summed E-state index contributed by atoms with van der Waals surface area (Å²) in [5.41, 5.74) is 2.50. The third-order valence-corrected chi connectivity index (χ3v) is 4.68. The standard InChI is InChI=1S/C19H21N3O3/c1-14-7-8-17(22(24)25)13-18(14)20-19(23)15-9-11-21(12-10-15)16-5-3-2-4-6-16/h2-8,13,15H,9-12H2,1H3,(H,20,23). The number of hydrogen-bond donors (Lipinski definition) is 1. The molecule has 6 nitrogen and oxygen atoms in total. The molecule has 1 fully saturated rings. The van der Waals surface area contributed by atoms with Crippen LogP contribution in [0.15, 0.2) is 48.5 Å². The Hall–Kier alpha value is -2.89. The largest absolute Gasteiger partial charge is 0.371 e. The van der Waals surface area contributed by atoms with Crippen LogP contribution in [0.4, 0.5) is 17.1 Å². The van der Waals surface area contributed by atoms with E-state index in [1.54, 1.807) is 6.07 Å². The molecule has 0 spiro atoms. The van der Waals surface area contributed by atoms with E-state index in [4.69, 9.17) is 0 Å². The SMILES string of the molecule is Cc1ccc([N+](=O)[O-])cc1NC(=O)C1CCN(c2ccccc2)CC1. The van der Waals surface area contributed by atoms with E-state index in [0.29, 0.717) is 5.69 Å². The summed E-state index contributed by atoms with van der Waals surface area (Å²) in [5.74, 6) is -0.130. The van der Waals surface area contributed by atoms with Crippen LogP contribution in [-0.2, 0) is 4.79 Å². The Morgan fingerprint density at radius 3 is 2.48 bits per heavy atom. The van der Waals surface area contributed by atoms with E-state index in [-0.39, 0.29) is 17.5 Å². The first kappa shape index (κ1) is 17.0. The maximum atomic E-state index is 12.5. The molecule has 1 saturated heterocycles. The van der Waals surface area contributed by atoms with Crippen molar-refractivity contribution in [1.29, 1.82) is 0 Å². The number of nitro benzene ring substituents is 1. The number of amides is 1. The van der Waals surface area contributed by atoms with E-state index in [1.807, 2.05) is 25.1 Å². The van der Waals surface area contributed by atoms with Crippen molar-refractivity contribution >= 4 is 23.0 Å². The maximum absolute atomic E-state index is 12.5. The van der Waals surface area contributed by atoms with Gasteiger partial charge in [-0.2, -0.15) is 0 Å². The average Bonchev–Trinajstić information content (AvgIpc) is 2.64. The minimum atomic E-state index is -0.451. The van der Waals surface area contributed by atoms with E-state index < -0.39 is 4.92 Å². The number of benzene rings is 2. The quantitative estimate of drug-likeness (QED) is 0.680. The van der Waals surface area contributed by atoms with Gasteiger partial charge in [-0.05, 0) is 37.5 Å². The van der Waals surface area contributed by atoms with Crippen molar-refractivity contribution in [3.05, 3.63) is 64.2 Å². The monoisotopic (exact) mass is 339 g/mol. The van der Waals surface area contributed by atoms with Crippen LogP contribution in [0.25, 0.3) is 0 Å². The molecular weight excluding hydrogens is 318 g/mol. The molecule has 0 bridgehead atoms. The number of aryl methyl sites for hydroxylation is 1. The zero-order valence-electron chi connectivity index (χ0n) is 14.1. The molecule has 2 aromatic rings. The fraction of sp³-hybridized carbons (Fsp3) is 0.316. The Labute approximate surface area is 146 Å².